The number of carbonyl (C=O) groups is 3. The van der Waals surface area contributed by atoms with Crippen LogP contribution in [-0.2, 0) is 16.0 Å². The molecule has 5 nitrogen and oxygen atoms in total. The lowest BCUT2D eigenvalue weighted by Crippen LogP contribution is -2.21. The van der Waals surface area contributed by atoms with Gasteiger partial charge >= 0.3 is 5.97 Å². The van der Waals surface area contributed by atoms with Crippen LogP contribution in [0.25, 0.3) is 0 Å². The quantitative estimate of drug-likeness (QED) is 0.653. The molecule has 0 unspecified atom stereocenters. The number of ketones is 1. The number of nitrogens with one attached hydrogen (secondary N) is 1. The van der Waals surface area contributed by atoms with Gasteiger partial charge in [-0.3, -0.25) is 9.59 Å². The first-order valence-corrected chi connectivity index (χ1v) is 7.66. The molecule has 0 aromatic heterocycles. The monoisotopic (exact) mass is 325 g/mol. The molecule has 2 aromatic rings. The summed E-state index contributed by atoms with van der Waals surface area (Å²) in [6.45, 7) is 3.13. The predicted molar refractivity (Wildman–Crippen MR) is 91.2 cm³/mol. The van der Waals surface area contributed by atoms with Crippen LogP contribution in [0.15, 0.2) is 48.5 Å². The molecule has 0 fully saturated rings. The highest BCUT2D eigenvalue weighted by molar-refractivity contribution is 5.97. The van der Waals surface area contributed by atoms with Crippen molar-refractivity contribution < 1.29 is 19.1 Å². The number of hydrogen-bond acceptors (Lipinski definition) is 4. The van der Waals surface area contributed by atoms with E-state index in [1.807, 2.05) is 19.1 Å². The summed E-state index contributed by atoms with van der Waals surface area (Å²) in [5.41, 5.74) is 2.63. The molecule has 5 heteroatoms. The van der Waals surface area contributed by atoms with Crippen LogP contribution in [0.1, 0.15) is 40.1 Å². The van der Waals surface area contributed by atoms with E-state index in [1.165, 1.54) is 6.92 Å². The van der Waals surface area contributed by atoms with Crippen molar-refractivity contribution in [1.29, 1.82) is 0 Å². The minimum Gasteiger partial charge on any atom is -0.452 e. The Morgan fingerprint density at radius 1 is 0.917 bits per heavy atom. The Kier molecular flexibility index (Phi) is 5.84. The first-order valence-electron chi connectivity index (χ1n) is 7.66. The number of Topliss-reactive ketones (excluding diaryl/α,β-unsaturated/α-hetero) is 1. The minimum atomic E-state index is -0.542. The van der Waals surface area contributed by atoms with Crippen molar-refractivity contribution >= 4 is 23.3 Å². The summed E-state index contributed by atoms with van der Waals surface area (Å²) in [5, 5.41) is 2.61. The molecule has 1 amide bonds. The molecule has 0 aliphatic rings. The largest absolute Gasteiger partial charge is 0.452 e. The smallest absolute Gasteiger partial charge is 0.338 e. The average Bonchev–Trinajstić information content (AvgIpc) is 2.60. The van der Waals surface area contributed by atoms with Crippen LogP contribution in [0.5, 0.6) is 0 Å². The normalized spacial score (nSPS) is 10.1. The lowest BCUT2D eigenvalue weighted by atomic mass is 10.1. The first-order chi connectivity index (χ1) is 11.5. The number of ether oxygens (including phenoxy) is 1. The van der Waals surface area contributed by atoms with Gasteiger partial charge in [-0.25, -0.2) is 4.79 Å². The highest BCUT2D eigenvalue weighted by Crippen LogP contribution is 2.10. The van der Waals surface area contributed by atoms with E-state index in [1.54, 1.807) is 36.4 Å². The number of amides is 1. The lowest BCUT2D eigenvalue weighted by Gasteiger charge is -2.07. The molecule has 0 spiro atoms. The van der Waals surface area contributed by atoms with Crippen molar-refractivity contribution in [3.63, 3.8) is 0 Å². The van der Waals surface area contributed by atoms with Gasteiger partial charge in [-0.15, -0.1) is 0 Å². The zero-order valence-corrected chi connectivity index (χ0v) is 13.7. The number of benzene rings is 2. The standard InChI is InChI=1S/C19H19NO4/c1-3-14-4-6-16(7-5-14)19(23)24-12-18(22)20-17-10-8-15(9-11-17)13(2)21/h4-11H,3,12H2,1-2H3,(H,20,22). The van der Waals surface area contributed by atoms with Crippen LogP contribution < -0.4 is 5.32 Å². The molecule has 0 bridgehead atoms. The number of aryl methyl sites for hydroxylation is 1. The molecular formula is C19H19NO4. The van der Waals surface area contributed by atoms with Crippen LogP contribution >= 0.6 is 0 Å². The minimum absolute atomic E-state index is 0.0455. The average molecular weight is 325 g/mol. The number of carbonyl (C=O) groups excluding carboxylic acids is 3. The van der Waals surface area contributed by atoms with E-state index in [-0.39, 0.29) is 12.4 Å². The second-order valence-corrected chi connectivity index (χ2v) is 5.31. The highest BCUT2D eigenvalue weighted by atomic mass is 16.5. The summed E-state index contributed by atoms with van der Waals surface area (Å²) in [4.78, 5) is 34.9. The molecule has 0 saturated heterocycles. The van der Waals surface area contributed by atoms with Gasteiger partial charge in [0, 0.05) is 11.3 Å². The molecule has 2 rings (SSSR count). The number of hydrogen-bond donors (Lipinski definition) is 1. The SMILES string of the molecule is CCc1ccc(C(=O)OCC(=O)Nc2ccc(C(C)=O)cc2)cc1. The van der Waals surface area contributed by atoms with Gasteiger partial charge in [0.05, 0.1) is 5.56 Å². The van der Waals surface area contributed by atoms with Crippen molar-refractivity contribution in [2.75, 3.05) is 11.9 Å². The van der Waals surface area contributed by atoms with Gasteiger partial charge in [0.2, 0.25) is 0 Å². The van der Waals surface area contributed by atoms with E-state index in [4.69, 9.17) is 4.74 Å². The van der Waals surface area contributed by atoms with Crippen molar-refractivity contribution in [2.24, 2.45) is 0 Å². The second kappa shape index (κ2) is 8.06. The molecule has 124 valence electrons. The lowest BCUT2D eigenvalue weighted by molar-refractivity contribution is -0.119. The summed E-state index contributed by atoms with van der Waals surface area (Å²) in [6, 6.07) is 13.6. The molecule has 24 heavy (non-hydrogen) atoms. The summed E-state index contributed by atoms with van der Waals surface area (Å²) in [5.74, 6) is -1.03. The van der Waals surface area contributed by atoms with E-state index in [2.05, 4.69) is 5.32 Å². The van der Waals surface area contributed by atoms with Crippen molar-refractivity contribution in [2.45, 2.75) is 20.3 Å². The fourth-order valence-electron chi connectivity index (χ4n) is 2.08. The molecule has 0 aliphatic carbocycles. The first kappa shape index (κ1) is 17.4. The van der Waals surface area contributed by atoms with E-state index >= 15 is 0 Å². The van der Waals surface area contributed by atoms with E-state index < -0.39 is 11.9 Å². The Labute approximate surface area is 140 Å². The molecule has 0 heterocycles. The van der Waals surface area contributed by atoms with Gasteiger partial charge < -0.3 is 10.1 Å². The van der Waals surface area contributed by atoms with Gasteiger partial charge in [-0.1, -0.05) is 19.1 Å². The van der Waals surface area contributed by atoms with Crippen molar-refractivity contribution in [1.82, 2.24) is 0 Å². The second-order valence-electron chi connectivity index (χ2n) is 5.31. The highest BCUT2D eigenvalue weighted by Gasteiger charge is 2.10. The fourth-order valence-corrected chi connectivity index (χ4v) is 2.08. The fraction of sp³-hybridized carbons (Fsp3) is 0.211. The van der Waals surface area contributed by atoms with Crippen LogP contribution in [0.2, 0.25) is 0 Å². The third kappa shape index (κ3) is 4.78. The Hall–Kier alpha value is -2.95. The van der Waals surface area contributed by atoms with Gasteiger partial charge in [-0.05, 0) is 55.3 Å². The topological polar surface area (TPSA) is 72.5 Å². The molecule has 0 radical (unpaired) electrons. The maximum Gasteiger partial charge on any atom is 0.338 e. The van der Waals surface area contributed by atoms with Gasteiger partial charge in [-0.2, -0.15) is 0 Å². The summed E-state index contributed by atoms with van der Waals surface area (Å²) in [7, 11) is 0. The number of anilines is 1. The summed E-state index contributed by atoms with van der Waals surface area (Å²) < 4.78 is 4.99. The Morgan fingerprint density at radius 3 is 2.04 bits per heavy atom. The third-order valence-electron chi connectivity index (χ3n) is 3.51. The van der Waals surface area contributed by atoms with E-state index in [0.717, 1.165) is 12.0 Å². The van der Waals surface area contributed by atoms with Crippen molar-refractivity contribution in [3.8, 4) is 0 Å². The number of esters is 1. The summed E-state index contributed by atoms with van der Waals surface area (Å²) >= 11 is 0. The van der Waals surface area contributed by atoms with E-state index in [0.29, 0.717) is 16.8 Å². The van der Waals surface area contributed by atoms with Gasteiger partial charge in [0.15, 0.2) is 12.4 Å². The Morgan fingerprint density at radius 2 is 1.50 bits per heavy atom. The van der Waals surface area contributed by atoms with Gasteiger partial charge in [0.25, 0.3) is 5.91 Å². The Bertz CT molecular complexity index is 733. The maximum atomic E-state index is 11.9. The van der Waals surface area contributed by atoms with Crippen LogP contribution in [-0.4, -0.2) is 24.3 Å². The van der Waals surface area contributed by atoms with Gasteiger partial charge in [0.1, 0.15) is 0 Å². The van der Waals surface area contributed by atoms with E-state index in [9.17, 15) is 14.4 Å². The molecule has 1 N–H and O–H groups in total. The van der Waals surface area contributed by atoms with Crippen LogP contribution in [0.3, 0.4) is 0 Å². The van der Waals surface area contributed by atoms with Crippen LogP contribution in [0, 0.1) is 0 Å². The molecule has 0 atom stereocenters. The Balaban J connectivity index is 1.85. The zero-order chi connectivity index (χ0) is 17.5. The van der Waals surface area contributed by atoms with Crippen LogP contribution in [0.4, 0.5) is 5.69 Å². The third-order valence-corrected chi connectivity index (χ3v) is 3.51. The molecular weight excluding hydrogens is 306 g/mol. The maximum absolute atomic E-state index is 11.9. The number of rotatable bonds is 6. The zero-order valence-electron chi connectivity index (χ0n) is 13.7. The van der Waals surface area contributed by atoms with Crippen molar-refractivity contribution in [3.05, 3.63) is 65.2 Å². The predicted octanol–water partition coefficient (Wildman–Crippen LogP) is 3.25. The summed E-state index contributed by atoms with van der Waals surface area (Å²) in [6.07, 6.45) is 0.889. The molecule has 0 aliphatic heterocycles. The molecule has 0 saturated carbocycles. The molecule has 2 aromatic carbocycles.